The molecule has 0 saturated heterocycles. The first kappa shape index (κ1) is 12.6. The summed E-state index contributed by atoms with van der Waals surface area (Å²) in [4.78, 5) is 4.42. The van der Waals surface area contributed by atoms with E-state index in [-0.39, 0.29) is 11.6 Å². The van der Waals surface area contributed by atoms with Crippen LogP contribution in [0.25, 0.3) is 0 Å². The summed E-state index contributed by atoms with van der Waals surface area (Å²) in [6, 6.07) is -0.00181. The van der Waals surface area contributed by atoms with Gasteiger partial charge in [0.25, 0.3) is 0 Å². The Morgan fingerprint density at radius 1 is 1.67 bits per heavy atom. The van der Waals surface area contributed by atoms with Gasteiger partial charge in [-0.2, -0.15) is 0 Å². The van der Waals surface area contributed by atoms with Crippen molar-refractivity contribution in [2.24, 2.45) is 5.73 Å². The number of thiazole rings is 1. The molecule has 2 atom stereocenters. The highest BCUT2D eigenvalue weighted by molar-refractivity contribution is 7.09. The molecule has 86 valence electrons. The van der Waals surface area contributed by atoms with Crippen LogP contribution in [0.4, 0.5) is 0 Å². The molecule has 4 heteroatoms. The lowest BCUT2D eigenvalue weighted by molar-refractivity contribution is -0.0184. The molecule has 0 saturated carbocycles. The summed E-state index contributed by atoms with van der Waals surface area (Å²) >= 11 is 1.67. The third kappa shape index (κ3) is 3.00. The molecular weight excluding hydrogens is 208 g/mol. The molecule has 1 aromatic rings. The zero-order chi connectivity index (χ0) is 11.5. The summed E-state index contributed by atoms with van der Waals surface area (Å²) in [6.45, 7) is 6.15. The molecule has 0 radical (unpaired) electrons. The minimum atomic E-state index is -0.250. The van der Waals surface area contributed by atoms with E-state index in [9.17, 15) is 0 Å². The molecule has 0 bridgehead atoms. The number of nitrogens with two attached hydrogens (primary N) is 1. The number of methoxy groups -OCH3 is 1. The predicted molar refractivity (Wildman–Crippen MR) is 64.2 cm³/mol. The molecule has 15 heavy (non-hydrogen) atoms. The molecule has 0 aliphatic rings. The lowest BCUT2D eigenvalue weighted by atomic mass is 9.92. The SMILES string of the molecule is CCC(C)(OC)C(N)Cc1nc(C)cs1. The molecule has 0 aromatic carbocycles. The second-order valence-electron chi connectivity index (χ2n) is 4.06. The van der Waals surface area contributed by atoms with Gasteiger partial charge in [0.15, 0.2) is 0 Å². The van der Waals surface area contributed by atoms with Gasteiger partial charge in [-0.15, -0.1) is 11.3 Å². The van der Waals surface area contributed by atoms with Crippen LogP contribution < -0.4 is 5.73 Å². The number of aromatic nitrogens is 1. The monoisotopic (exact) mass is 228 g/mol. The number of hydrogen-bond acceptors (Lipinski definition) is 4. The van der Waals surface area contributed by atoms with Gasteiger partial charge in [0.1, 0.15) is 0 Å². The van der Waals surface area contributed by atoms with Crippen LogP contribution in [-0.2, 0) is 11.2 Å². The maximum atomic E-state index is 6.16. The van der Waals surface area contributed by atoms with Gasteiger partial charge in [-0.25, -0.2) is 4.98 Å². The van der Waals surface area contributed by atoms with Gasteiger partial charge in [-0.05, 0) is 20.3 Å². The van der Waals surface area contributed by atoms with E-state index in [0.29, 0.717) is 0 Å². The molecular formula is C11H20N2OS. The van der Waals surface area contributed by atoms with E-state index in [1.54, 1.807) is 18.4 Å². The zero-order valence-electron chi connectivity index (χ0n) is 9.91. The minimum absolute atomic E-state index is 0.00181. The van der Waals surface area contributed by atoms with Gasteiger partial charge in [-0.1, -0.05) is 6.92 Å². The van der Waals surface area contributed by atoms with Crippen molar-refractivity contribution in [2.45, 2.75) is 45.3 Å². The molecule has 1 aromatic heterocycles. The molecule has 0 aliphatic heterocycles. The Kier molecular flexibility index (Phi) is 4.25. The molecule has 1 heterocycles. The molecule has 0 fully saturated rings. The van der Waals surface area contributed by atoms with Crippen molar-refractivity contribution in [3.8, 4) is 0 Å². The van der Waals surface area contributed by atoms with E-state index in [1.165, 1.54) is 0 Å². The quantitative estimate of drug-likeness (QED) is 0.840. The Bertz CT molecular complexity index is 307. The van der Waals surface area contributed by atoms with Gasteiger partial charge in [0.2, 0.25) is 0 Å². The summed E-state index contributed by atoms with van der Waals surface area (Å²) in [5, 5.41) is 3.15. The first-order valence-electron chi connectivity index (χ1n) is 5.23. The number of nitrogens with zero attached hydrogens (tertiary/aromatic N) is 1. The fraction of sp³-hybridized carbons (Fsp3) is 0.727. The van der Waals surface area contributed by atoms with Crippen molar-refractivity contribution in [2.75, 3.05) is 7.11 Å². The molecule has 1 rings (SSSR count). The maximum Gasteiger partial charge on any atom is 0.0944 e. The van der Waals surface area contributed by atoms with E-state index in [1.807, 2.05) is 6.92 Å². The second-order valence-corrected chi connectivity index (χ2v) is 5.01. The summed E-state index contributed by atoms with van der Waals surface area (Å²) < 4.78 is 5.48. The number of aryl methyl sites for hydroxylation is 1. The van der Waals surface area contributed by atoms with Crippen molar-refractivity contribution >= 4 is 11.3 Å². The molecule has 3 nitrogen and oxygen atoms in total. The van der Waals surface area contributed by atoms with E-state index in [0.717, 1.165) is 23.5 Å². The largest absolute Gasteiger partial charge is 0.377 e. The predicted octanol–water partition coefficient (Wildman–Crippen LogP) is 2.14. The zero-order valence-corrected chi connectivity index (χ0v) is 10.7. The van der Waals surface area contributed by atoms with E-state index >= 15 is 0 Å². The van der Waals surface area contributed by atoms with E-state index in [4.69, 9.17) is 10.5 Å². The average molecular weight is 228 g/mol. The summed E-state index contributed by atoms with van der Waals surface area (Å²) in [7, 11) is 1.72. The van der Waals surface area contributed by atoms with Crippen LogP contribution in [0.1, 0.15) is 31.0 Å². The highest BCUT2D eigenvalue weighted by Gasteiger charge is 2.30. The van der Waals surface area contributed by atoms with Crippen molar-refractivity contribution in [1.82, 2.24) is 4.98 Å². The number of hydrogen-bond donors (Lipinski definition) is 1. The third-order valence-corrected chi connectivity index (χ3v) is 4.00. The highest BCUT2D eigenvalue weighted by Crippen LogP contribution is 2.21. The Morgan fingerprint density at radius 2 is 2.33 bits per heavy atom. The van der Waals surface area contributed by atoms with Gasteiger partial charge in [0, 0.05) is 30.6 Å². The minimum Gasteiger partial charge on any atom is -0.377 e. The third-order valence-electron chi connectivity index (χ3n) is 3.01. The van der Waals surface area contributed by atoms with Gasteiger partial charge < -0.3 is 10.5 Å². The summed E-state index contributed by atoms with van der Waals surface area (Å²) in [6.07, 6.45) is 1.70. The van der Waals surface area contributed by atoms with E-state index in [2.05, 4.69) is 24.2 Å². The second kappa shape index (κ2) is 5.05. The first-order valence-corrected chi connectivity index (χ1v) is 6.11. The van der Waals surface area contributed by atoms with Crippen LogP contribution in [0.3, 0.4) is 0 Å². The van der Waals surface area contributed by atoms with Crippen molar-refractivity contribution in [1.29, 1.82) is 0 Å². The number of rotatable bonds is 5. The number of ether oxygens (including phenoxy) is 1. The van der Waals surface area contributed by atoms with Gasteiger partial charge in [-0.3, -0.25) is 0 Å². The Balaban J connectivity index is 2.65. The summed E-state index contributed by atoms with van der Waals surface area (Å²) in [5.41, 5.74) is 6.97. The summed E-state index contributed by atoms with van der Waals surface area (Å²) in [5.74, 6) is 0. The van der Waals surface area contributed by atoms with Crippen LogP contribution >= 0.6 is 11.3 Å². The fourth-order valence-electron chi connectivity index (χ4n) is 1.46. The Morgan fingerprint density at radius 3 is 2.73 bits per heavy atom. The van der Waals surface area contributed by atoms with Crippen LogP contribution in [0.15, 0.2) is 5.38 Å². The molecule has 0 aliphatic carbocycles. The van der Waals surface area contributed by atoms with Crippen molar-refractivity contribution in [3.63, 3.8) is 0 Å². The smallest absolute Gasteiger partial charge is 0.0944 e. The normalized spacial score (nSPS) is 17.4. The van der Waals surface area contributed by atoms with E-state index < -0.39 is 0 Å². The van der Waals surface area contributed by atoms with Crippen LogP contribution in [0.5, 0.6) is 0 Å². The first-order chi connectivity index (χ1) is 7.01. The Hall–Kier alpha value is -0.450. The van der Waals surface area contributed by atoms with Crippen LogP contribution in [-0.4, -0.2) is 23.7 Å². The molecule has 2 N–H and O–H groups in total. The van der Waals surface area contributed by atoms with Gasteiger partial charge in [0.05, 0.1) is 10.6 Å². The highest BCUT2D eigenvalue weighted by atomic mass is 32.1. The maximum absolute atomic E-state index is 6.16. The lowest BCUT2D eigenvalue weighted by Gasteiger charge is -2.32. The fourth-order valence-corrected chi connectivity index (χ4v) is 2.29. The van der Waals surface area contributed by atoms with Crippen molar-refractivity contribution < 1.29 is 4.74 Å². The molecule has 0 amide bonds. The Labute approximate surface area is 95.7 Å². The lowest BCUT2D eigenvalue weighted by Crippen LogP contribution is -2.48. The molecule has 0 spiro atoms. The average Bonchev–Trinajstić information content (AvgIpc) is 2.62. The van der Waals surface area contributed by atoms with Gasteiger partial charge >= 0.3 is 0 Å². The standard InChI is InChI=1S/C11H20N2OS/c1-5-11(3,14-4)9(12)6-10-13-8(2)7-15-10/h7,9H,5-6,12H2,1-4H3. The van der Waals surface area contributed by atoms with Crippen LogP contribution in [0, 0.1) is 6.92 Å². The topological polar surface area (TPSA) is 48.1 Å². The molecule has 2 unspecified atom stereocenters. The van der Waals surface area contributed by atoms with Crippen LogP contribution in [0.2, 0.25) is 0 Å². The van der Waals surface area contributed by atoms with Crippen molar-refractivity contribution in [3.05, 3.63) is 16.1 Å².